The van der Waals surface area contributed by atoms with E-state index in [-0.39, 0.29) is 0 Å². The van der Waals surface area contributed by atoms with Crippen molar-refractivity contribution in [3.8, 4) is 0 Å². The van der Waals surface area contributed by atoms with Gasteiger partial charge in [-0.1, -0.05) is 43.3 Å². The Labute approximate surface area is 177 Å². The summed E-state index contributed by atoms with van der Waals surface area (Å²) < 4.78 is 0. The van der Waals surface area contributed by atoms with Crippen LogP contribution in [0.2, 0.25) is 0 Å². The normalized spacial score (nSPS) is 21.3. The summed E-state index contributed by atoms with van der Waals surface area (Å²) in [5.74, 6) is 1.60. The van der Waals surface area contributed by atoms with E-state index in [9.17, 15) is 4.79 Å². The van der Waals surface area contributed by atoms with E-state index in [0.29, 0.717) is 17.4 Å². The van der Waals surface area contributed by atoms with Gasteiger partial charge in [-0.2, -0.15) is 0 Å². The van der Waals surface area contributed by atoms with E-state index in [1.54, 1.807) is 0 Å². The average molecular weight is 401 g/mol. The number of benzene rings is 2. The molecule has 0 aliphatic carbocycles. The van der Waals surface area contributed by atoms with Crippen molar-refractivity contribution in [2.45, 2.75) is 19.9 Å². The highest BCUT2D eigenvalue weighted by molar-refractivity contribution is 5.97. The number of hydrogen-bond acceptors (Lipinski definition) is 4. The fourth-order valence-corrected chi connectivity index (χ4v) is 5.11. The van der Waals surface area contributed by atoms with E-state index >= 15 is 0 Å². The molecule has 2 fully saturated rings. The summed E-state index contributed by atoms with van der Waals surface area (Å²) in [6, 6.07) is 19.1. The molecular formula is C25H28N4O. The predicted molar refractivity (Wildman–Crippen MR) is 121 cm³/mol. The second-order valence-corrected chi connectivity index (χ2v) is 8.69. The number of carbonyl (C=O) groups is 1. The Morgan fingerprint density at radius 3 is 2.43 bits per heavy atom. The SMILES string of the molecule is CCc1ccc(C(N)=O)c(N2CC3CN(Cc4ccc5ccccc5c4)CC3C2)n1. The Balaban J connectivity index is 1.28. The zero-order valence-electron chi connectivity index (χ0n) is 17.4. The number of aryl methyl sites for hydroxylation is 1. The van der Waals surface area contributed by atoms with Crippen LogP contribution in [-0.2, 0) is 13.0 Å². The number of nitrogens with zero attached hydrogens (tertiary/aromatic N) is 3. The summed E-state index contributed by atoms with van der Waals surface area (Å²) in [6.45, 7) is 7.15. The first-order valence-corrected chi connectivity index (χ1v) is 10.9. The number of pyridine rings is 1. The second-order valence-electron chi connectivity index (χ2n) is 8.69. The molecule has 5 rings (SSSR count). The maximum absolute atomic E-state index is 11.9. The molecule has 154 valence electrons. The number of anilines is 1. The summed E-state index contributed by atoms with van der Waals surface area (Å²) in [5, 5.41) is 2.60. The number of nitrogens with two attached hydrogens (primary N) is 1. The third-order valence-electron chi connectivity index (χ3n) is 6.64. The minimum Gasteiger partial charge on any atom is -0.365 e. The molecule has 2 aliphatic heterocycles. The highest BCUT2D eigenvalue weighted by atomic mass is 16.1. The van der Waals surface area contributed by atoms with Crippen LogP contribution in [0.4, 0.5) is 5.82 Å². The van der Waals surface area contributed by atoms with Gasteiger partial charge in [0.05, 0.1) is 5.56 Å². The van der Waals surface area contributed by atoms with Crippen LogP contribution in [0.3, 0.4) is 0 Å². The fraction of sp³-hybridized carbons (Fsp3) is 0.360. The Bertz CT molecular complexity index is 1080. The van der Waals surface area contributed by atoms with Gasteiger partial charge in [0.25, 0.3) is 5.91 Å². The molecule has 1 aromatic heterocycles. The van der Waals surface area contributed by atoms with Gasteiger partial charge in [0.2, 0.25) is 0 Å². The smallest absolute Gasteiger partial charge is 0.252 e. The Kier molecular flexibility index (Phi) is 4.91. The van der Waals surface area contributed by atoms with E-state index < -0.39 is 5.91 Å². The Morgan fingerprint density at radius 2 is 1.73 bits per heavy atom. The molecule has 2 aromatic carbocycles. The van der Waals surface area contributed by atoms with Gasteiger partial charge in [0, 0.05) is 38.4 Å². The van der Waals surface area contributed by atoms with E-state index in [1.807, 2.05) is 12.1 Å². The van der Waals surface area contributed by atoms with Crippen LogP contribution >= 0.6 is 0 Å². The topological polar surface area (TPSA) is 62.5 Å². The summed E-state index contributed by atoms with van der Waals surface area (Å²) in [4.78, 5) is 21.5. The van der Waals surface area contributed by atoms with Gasteiger partial charge in [-0.3, -0.25) is 9.69 Å². The fourth-order valence-electron chi connectivity index (χ4n) is 5.11. The molecule has 0 saturated carbocycles. The molecular weight excluding hydrogens is 372 g/mol. The van der Waals surface area contributed by atoms with Gasteiger partial charge >= 0.3 is 0 Å². The van der Waals surface area contributed by atoms with E-state index in [2.05, 4.69) is 59.2 Å². The minimum atomic E-state index is -0.393. The second kappa shape index (κ2) is 7.73. The van der Waals surface area contributed by atoms with Crippen molar-refractivity contribution in [2.75, 3.05) is 31.1 Å². The molecule has 5 heteroatoms. The largest absolute Gasteiger partial charge is 0.365 e. The summed E-state index contributed by atoms with van der Waals surface area (Å²) in [7, 11) is 0. The van der Waals surface area contributed by atoms with Crippen LogP contribution in [0.15, 0.2) is 54.6 Å². The third-order valence-corrected chi connectivity index (χ3v) is 6.64. The lowest BCUT2D eigenvalue weighted by atomic mass is 10.0. The molecule has 2 N–H and O–H groups in total. The van der Waals surface area contributed by atoms with Crippen LogP contribution in [0.1, 0.15) is 28.5 Å². The first-order valence-electron chi connectivity index (χ1n) is 10.9. The monoisotopic (exact) mass is 400 g/mol. The van der Waals surface area contributed by atoms with Crippen molar-refractivity contribution in [1.82, 2.24) is 9.88 Å². The van der Waals surface area contributed by atoms with E-state index in [1.165, 1.54) is 16.3 Å². The van der Waals surface area contributed by atoms with Crippen molar-refractivity contribution in [3.05, 3.63) is 71.4 Å². The lowest BCUT2D eigenvalue weighted by Gasteiger charge is -2.24. The van der Waals surface area contributed by atoms with Crippen molar-refractivity contribution < 1.29 is 4.79 Å². The number of primary amides is 1. The molecule has 2 unspecified atom stereocenters. The first kappa shape index (κ1) is 19.1. The quantitative estimate of drug-likeness (QED) is 0.712. The van der Waals surface area contributed by atoms with Gasteiger partial charge in [-0.25, -0.2) is 4.98 Å². The minimum absolute atomic E-state index is 0.393. The summed E-state index contributed by atoms with van der Waals surface area (Å²) in [5.41, 5.74) is 8.54. The van der Waals surface area contributed by atoms with E-state index in [4.69, 9.17) is 10.7 Å². The number of amides is 1. The Morgan fingerprint density at radius 1 is 1.00 bits per heavy atom. The van der Waals surface area contributed by atoms with Gasteiger partial charge < -0.3 is 10.6 Å². The first-order chi connectivity index (χ1) is 14.6. The van der Waals surface area contributed by atoms with E-state index in [0.717, 1.165) is 50.7 Å². The van der Waals surface area contributed by atoms with Crippen LogP contribution in [0, 0.1) is 11.8 Å². The van der Waals surface area contributed by atoms with Crippen molar-refractivity contribution in [2.24, 2.45) is 17.6 Å². The molecule has 0 bridgehead atoms. The van der Waals surface area contributed by atoms with Gasteiger partial charge in [-0.05, 0) is 52.8 Å². The van der Waals surface area contributed by atoms with Crippen molar-refractivity contribution in [3.63, 3.8) is 0 Å². The molecule has 0 radical (unpaired) electrons. The summed E-state index contributed by atoms with van der Waals surface area (Å²) >= 11 is 0. The molecule has 5 nitrogen and oxygen atoms in total. The standard InChI is InChI=1S/C25H28N4O/c1-2-22-9-10-23(24(26)30)25(27-22)29-15-20-13-28(14-21(20)16-29)12-17-7-8-18-5-3-4-6-19(18)11-17/h3-11,20-21H,2,12-16H2,1H3,(H2,26,30). The third kappa shape index (κ3) is 3.54. The average Bonchev–Trinajstić information content (AvgIpc) is 3.31. The highest BCUT2D eigenvalue weighted by Gasteiger charge is 2.41. The maximum Gasteiger partial charge on any atom is 0.252 e. The van der Waals surface area contributed by atoms with Gasteiger partial charge in [0.15, 0.2) is 0 Å². The lowest BCUT2D eigenvalue weighted by molar-refractivity contribution is 0.100. The van der Waals surface area contributed by atoms with Gasteiger partial charge in [0.1, 0.15) is 5.82 Å². The molecule has 2 atom stereocenters. The number of carbonyl (C=O) groups excluding carboxylic acids is 1. The molecule has 3 aromatic rings. The van der Waals surface area contributed by atoms with Crippen molar-refractivity contribution >= 4 is 22.5 Å². The van der Waals surface area contributed by atoms with Crippen LogP contribution in [0.5, 0.6) is 0 Å². The predicted octanol–water partition coefficient (Wildman–Crippen LogP) is 3.46. The number of aromatic nitrogens is 1. The highest BCUT2D eigenvalue weighted by Crippen LogP contribution is 2.35. The molecule has 1 amide bonds. The molecule has 2 aliphatic rings. The van der Waals surface area contributed by atoms with Crippen LogP contribution < -0.4 is 10.6 Å². The molecule has 30 heavy (non-hydrogen) atoms. The molecule has 2 saturated heterocycles. The molecule has 3 heterocycles. The number of rotatable bonds is 5. The Hall–Kier alpha value is -2.92. The van der Waals surface area contributed by atoms with Gasteiger partial charge in [-0.15, -0.1) is 0 Å². The number of hydrogen-bond donors (Lipinski definition) is 1. The number of fused-ring (bicyclic) bond motifs is 2. The zero-order valence-corrected chi connectivity index (χ0v) is 17.4. The maximum atomic E-state index is 11.9. The van der Waals surface area contributed by atoms with Crippen molar-refractivity contribution in [1.29, 1.82) is 0 Å². The van der Waals surface area contributed by atoms with Crippen LogP contribution in [-0.4, -0.2) is 42.0 Å². The molecule has 0 spiro atoms. The van der Waals surface area contributed by atoms with Crippen LogP contribution in [0.25, 0.3) is 10.8 Å². The lowest BCUT2D eigenvalue weighted by Crippen LogP contribution is -2.31. The zero-order chi connectivity index (χ0) is 20.7. The number of likely N-dealkylation sites (tertiary alicyclic amines) is 1. The summed E-state index contributed by atoms with van der Waals surface area (Å²) in [6.07, 6.45) is 0.853.